The van der Waals surface area contributed by atoms with Gasteiger partial charge in [0.05, 0.1) is 5.56 Å². The minimum Gasteiger partial charge on any atom is -0.489 e. The number of carbonyl (C=O) groups is 1. The first-order valence-electron chi connectivity index (χ1n) is 6.66. The first-order chi connectivity index (χ1) is 9.33. The highest BCUT2D eigenvalue weighted by atomic mass is 16.5. The molecule has 19 heavy (non-hydrogen) atoms. The van der Waals surface area contributed by atoms with E-state index in [1.807, 2.05) is 42.5 Å². The number of para-hydroxylation sites is 1. The van der Waals surface area contributed by atoms with Crippen LogP contribution in [0, 0.1) is 0 Å². The summed E-state index contributed by atoms with van der Waals surface area (Å²) in [5.74, 6) is 0.928. The quantitative estimate of drug-likeness (QED) is 0.833. The average molecular weight is 252 g/mol. The summed E-state index contributed by atoms with van der Waals surface area (Å²) in [6.45, 7) is 0. The van der Waals surface area contributed by atoms with E-state index in [0.29, 0.717) is 6.42 Å². The van der Waals surface area contributed by atoms with Crippen LogP contribution in [0.15, 0.2) is 54.6 Å². The third kappa shape index (κ3) is 2.68. The Hall–Kier alpha value is -2.09. The molecule has 0 N–H and O–H groups in total. The van der Waals surface area contributed by atoms with Crippen molar-refractivity contribution >= 4 is 5.78 Å². The maximum atomic E-state index is 12.0. The van der Waals surface area contributed by atoms with Gasteiger partial charge in [0.15, 0.2) is 5.78 Å². The number of benzene rings is 2. The number of rotatable bonds is 3. The summed E-state index contributed by atoms with van der Waals surface area (Å²) >= 11 is 0. The average Bonchev–Trinajstić information content (AvgIpc) is 2.46. The molecule has 96 valence electrons. The zero-order valence-electron chi connectivity index (χ0n) is 10.7. The second-order valence-electron chi connectivity index (χ2n) is 4.89. The maximum absolute atomic E-state index is 12.0. The van der Waals surface area contributed by atoms with Gasteiger partial charge in [-0.1, -0.05) is 42.5 Å². The Morgan fingerprint density at radius 2 is 1.74 bits per heavy atom. The van der Waals surface area contributed by atoms with Gasteiger partial charge in [0.25, 0.3) is 0 Å². The zero-order chi connectivity index (χ0) is 13.1. The molecule has 0 unspecified atom stereocenters. The van der Waals surface area contributed by atoms with Crippen molar-refractivity contribution in [3.63, 3.8) is 0 Å². The van der Waals surface area contributed by atoms with Crippen LogP contribution in [0.1, 0.15) is 28.8 Å². The van der Waals surface area contributed by atoms with Crippen LogP contribution in [0.2, 0.25) is 0 Å². The van der Waals surface area contributed by atoms with Crippen molar-refractivity contribution in [1.29, 1.82) is 0 Å². The van der Waals surface area contributed by atoms with Crippen molar-refractivity contribution < 1.29 is 9.53 Å². The largest absolute Gasteiger partial charge is 0.489 e. The Balaban J connectivity index is 1.67. The molecule has 3 rings (SSSR count). The molecule has 0 aliphatic carbocycles. The lowest BCUT2D eigenvalue weighted by Gasteiger charge is -2.25. The van der Waals surface area contributed by atoms with Crippen molar-refractivity contribution in [3.8, 4) is 5.75 Å². The number of hydrogen-bond donors (Lipinski definition) is 0. The SMILES string of the molecule is O=C1C[C@H](CCc2ccccc2)Oc2ccccc21. The molecule has 2 aromatic carbocycles. The molecular formula is C17H16O2. The van der Waals surface area contributed by atoms with Gasteiger partial charge in [0.1, 0.15) is 11.9 Å². The summed E-state index contributed by atoms with van der Waals surface area (Å²) in [6, 6.07) is 17.8. The van der Waals surface area contributed by atoms with E-state index in [4.69, 9.17) is 4.74 Å². The molecule has 0 amide bonds. The Kier molecular flexibility index (Phi) is 3.32. The molecule has 2 heteroatoms. The zero-order valence-corrected chi connectivity index (χ0v) is 10.7. The Labute approximate surface area is 113 Å². The molecule has 0 spiro atoms. The van der Waals surface area contributed by atoms with E-state index >= 15 is 0 Å². The monoisotopic (exact) mass is 252 g/mol. The van der Waals surface area contributed by atoms with Gasteiger partial charge in [-0.2, -0.15) is 0 Å². The van der Waals surface area contributed by atoms with Crippen molar-refractivity contribution in [2.75, 3.05) is 0 Å². The third-order valence-corrected chi connectivity index (χ3v) is 3.49. The number of hydrogen-bond acceptors (Lipinski definition) is 2. The van der Waals surface area contributed by atoms with Crippen LogP contribution in [-0.4, -0.2) is 11.9 Å². The number of ether oxygens (including phenoxy) is 1. The fourth-order valence-electron chi connectivity index (χ4n) is 2.47. The molecule has 1 aliphatic rings. The fraction of sp³-hybridized carbons (Fsp3) is 0.235. The molecule has 0 saturated carbocycles. The van der Waals surface area contributed by atoms with Crippen molar-refractivity contribution in [1.82, 2.24) is 0 Å². The molecule has 0 saturated heterocycles. The van der Waals surface area contributed by atoms with E-state index in [1.54, 1.807) is 0 Å². The number of fused-ring (bicyclic) bond motifs is 1. The van der Waals surface area contributed by atoms with Crippen LogP contribution in [0.4, 0.5) is 0 Å². The molecule has 2 aromatic rings. The fourth-order valence-corrected chi connectivity index (χ4v) is 2.47. The highest BCUT2D eigenvalue weighted by molar-refractivity contribution is 5.99. The summed E-state index contributed by atoms with van der Waals surface area (Å²) in [7, 11) is 0. The summed E-state index contributed by atoms with van der Waals surface area (Å²) in [4.78, 5) is 12.0. The molecule has 0 radical (unpaired) electrons. The number of Topliss-reactive ketones (excluding diaryl/α,β-unsaturated/α-hetero) is 1. The minimum atomic E-state index is 0.00241. The van der Waals surface area contributed by atoms with Crippen molar-refractivity contribution in [2.45, 2.75) is 25.4 Å². The van der Waals surface area contributed by atoms with Crippen LogP contribution in [0.3, 0.4) is 0 Å². The topological polar surface area (TPSA) is 26.3 Å². The predicted molar refractivity (Wildman–Crippen MR) is 74.6 cm³/mol. The van der Waals surface area contributed by atoms with Crippen molar-refractivity contribution in [3.05, 3.63) is 65.7 Å². The number of ketones is 1. The predicted octanol–water partition coefficient (Wildman–Crippen LogP) is 3.65. The lowest BCUT2D eigenvalue weighted by Crippen LogP contribution is -2.27. The van der Waals surface area contributed by atoms with E-state index in [2.05, 4.69) is 12.1 Å². The molecule has 2 nitrogen and oxygen atoms in total. The van der Waals surface area contributed by atoms with E-state index in [-0.39, 0.29) is 11.9 Å². The van der Waals surface area contributed by atoms with Gasteiger partial charge in [-0.25, -0.2) is 0 Å². The van der Waals surface area contributed by atoms with Gasteiger partial charge in [0, 0.05) is 6.42 Å². The molecule has 0 aromatic heterocycles. The van der Waals surface area contributed by atoms with Crippen LogP contribution in [-0.2, 0) is 6.42 Å². The minimum absolute atomic E-state index is 0.00241. The Morgan fingerprint density at radius 3 is 2.58 bits per heavy atom. The van der Waals surface area contributed by atoms with E-state index < -0.39 is 0 Å². The molecule has 0 bridgehead atoms. The van der Waals surface area contributed by atoms with E-state index in [0.717, 1.165) is 24.2 Å². The second kappa shape index (κ2) is 5.27. The highest BCUT2D eigenvalue weighted by Gasteiger charge is 2.25. The maximum Gasteiger partial charge on any atom is 0.170 e. The van der Waals surface area contributed by atoms with Gasteiger partial charge in [-0.3, -0.25) is 4.79 Å². The molecular weight excluding hydrogens is 236 g/mol. The molecule has 1 heterocycles. The van der Waals surface area contributed by atoms with Crippen LogP contribution >= 0.6 is 0 Å². The lowest BCUT2D eigenvalue weighted by molar-refractivity contribution is 0.0839. The first-order valence-corrected chi connectivity index (χ1v) is 6.66. The summed E-state index contributed by atoms with van der Waals surface area (Å²) < 4.78 is 5.90. The van der Waals surface area contributed by atoms with Crippen molar-refractivity contribution in [2.24, 2.45) is 0 Å². The normalized spacial score (nSPS) is 17.7. The molecule has 0 fully saturated rings. The Bertz CT molecular complexity index is 575. The summed E-state index contributed by atoms with van der Waals surface area (Å²) in [5, 5.41) is 0. The van der Waals surface area contributed by atoms with E-state index in [1.165, 1.54) is 5.56 Å². The Morgan fingerprint density at radius 1 is 1.00 bits per heavy atom. The van der Waals surface area contributed by atoms with Crippen LogP contribution < -0.4 is 4.74 Å². The summed E-state index contributed by atoms with van der Waals surface area (Å²) in [6.07, 6.45) is 2.32. The van der Waals surface area contributed by atoms with Crippen LogP contribution in [0.5, 0.6) is 5.75 Å². The number of carbonyl (C=O) groups excluding carboxylic acids is 1. The number of aryl methyl sites for hydroxylation is 1. The molecule has 1 aliphatic heterocycles. The van der Waals surface area contributed by atoms with Gasteiger partial charge in [-0.05, 0) is 30.5 Å². The van der Waals surface area contributed by atoms with E-state index in [9.17, 15) is 4.79 Å². The van der Waals surface area contributed by atoms with Crippen LogP contribution in [0.25, 0.3) is 0 Å². The smallest absolute Gasteiger partial charge is 0.170 e. The second-order valence-corrected chi connectivity index (χ2v) is 4.89. The highest BCUT2D eigenvalue weighted by Crippen LogP contribution is 2.28. The molecule has 1 atom stereocenters. The lowest BCUT2D eigenvalue weighted by atomic mass is 9.97. The van der Waals surface area contributed by atoms with Gasteiger partial charge in [0.2, 0.25) is 0 Å². The van der Waals surface area contributed by atoms with Gasteiger partial charge < -0.3 is 4.74 Å². The summed E-state index contributed by atoms with van der Waals surface area (Å²) in [5.41, 5.74) is 2.01. The standard InChI is InChI=1S/C17H16O2/c18-16-12-14(11-10-13-6-2-1-3-7-13)19-17-9-5-4-8-15(16)17/h1-9,14H,10-12H2/t14-/m0/s1. The third-order valence-electron chi connectivity index (χ3n) is 3.49. The van der Waals surface area contributed by atoms with Gasteiger partial charge in [-0.15, -0.1) is 0 Å². The van der Waals surface area contributed by atoms with Gasteiger partial charge >= 0.3 is 0 Å². The first kappa shape index (κ1) is 12.0.